The van der Waals surface area contributed by atoms with E-state index in [-0.39, 0.29) is 16.1 Å². The van der Waals surface area contributed by atoms with Gasteiger partial charge in [0.05, 0.1) is 4.92 Å². The highest BCUT2D eigenvalue weighted by atomic mass is 35.5. The number of halogens is 1. The van der Waals surface area contributed by atoms with Crippen LogP contribution in [0.1, 0.15) is 26.3 Å². The molecular weight excluding hydrogens is 240 g/mol. The minimum Gasteiger partial charge on any atom is -0.312 e. The first-order chi connectivity index (χ1) is 7.79. The predicted octanol–water partition coefficient (Wildman–Crippen LogP) is 3.18. The van der Waals surface area contributed by atoms with Crippen molar-refractivity contribution in [2.24, 2.45) is 0 Å². The van der Waals surface area contributed by atoms with Crippen LogP contribution in [0.4, 0.5) is 5.69 Å². The van der Waals surface area contributed by atoms with Crippen molar-refractivity contribution >= 4 is 17.3 Å². The average molecular weight is 257 g/mol. The summed E-state index contributed by atoms with van der Waals surface area (Å²) >= 11 is 5.85. The Bertz CT molecular complexity index is 413. The minimum atomic E-state index is -0.372. The van der Waals surface area contributed by atoms with Crippen LogP contribution in [-0.4, -0.2) is 17.0 Å². The third-order valence-corrected chi connectivity index (χ3v) is 2.52. The summed E-state index contributed by atoms with van der Waals surface area (Å²) in [5.74, 6) is 0. The van der Waals surface area contributed by atoms with Gasteiger partial charge in [0.25, 0.3) is 5.69 Å². The molecule has 0 atom stereocenters. The van der Waals surface area contributed by atoms with E-state index in [4.69, 9.17) is 11.6 Å². The molecule has 0 aliphatic carbocycles. The van der Waals surface area contributed by atoms with Crippen molar-refractivity contribution in [2.75, 3.05) is 6.54 Å². The summed E-state index contributed by atoms with van der Waals surface area (Å²) in [6.45, 7) is 6.85. The molecule has 0 heterocycles. The maximum Gasteiger partial charge on any atom is 0.272 e. The lowest BCUT2D eigenvalue weighted by Crippen LogP contribution is -2.37. The quantitative estimate of drug-likeness (QED) is 0.665. The predicted molar refractivity (Wildman–Crippen MR) is 69.6 cm³/mol. The van der Waals surface area contributed by atoms with Gasteiger partial charge in [-0.15, -0.1) is 0 Å². The molecule has 0 bridgehead atoms. The SMILES string of the molecule is CC(C)(C)NCCc1cc(Cl)ccc1[N+](=O)[O-]. The Labute approximate surface area is 106 Å². The molecular formula is C12H17ClN2O2. The number of nitro groups is 1. The lowest BCUT2D eigenvalue weighted by molar-refractivity contribution is -0.385. The van der Waals surface area contributed by atoms with Crippen LogP contribution in [0.3, 0.4) is 0 Å². The number of hydrogen-bond donors (Lipinski definition) is 1. The fourth-order valence-corrected chi connectivity index (χ4v) is 1.70. The second kappa shape index (κ2) is 5.47. The van der Waals surface area contributed by atoms with Gasteiger partial charge in [-0.1, -0.05) is 11.6 Å². The molecule has 0 aliphatic heterocycles. The summed E-state index contributed by atoms with van der Waals surface area (Å²) in [4.78, 5) is 10.5. The molecule has 0 unspecified atom stereocenters. The Balaban J connectivity index is 2.75. The number of nitrogens with zero attached hydrogens (tertiary/aromatic N) is 1. The van der Waals surface area contributed by atoms with Gasteiger partial charge in [0.1, 0.15) is 0 Å². The molecule has 17 heavy (non-hydrogen) atoms. The Morgan fingerprint density at radius 1 is 1.41 bits per heavy atom. The van der Waals surface area contributed by atoms with Crippen LogP contribution >= 0.6 is 11.6 Å². The Morgan fingerprint density at radius 3 is 2.59 bits per heavy atom. The molecule has 0 aromatic heterocycles. The molecule has 0 amide bonds. The molecule has 0 fully saturated rings. The van der Waals surface area contributed by atoms with Crippen LogP contribution in [0.15, 0.2) is 18.2 Å². The van der Waals surface area contributed by atoms with Gasteiger partial charge in [-0.25, -0.2) is 0 Å². The molecule has 1 rings (SSSR count). The largest absolute Gasteiger partial charge is 0.312 e. The van der Waals surface area contributed by atoms with E-state index < -0.39 is 0 Å². The van der Waals surface area contributed by atoms with Crippen LogP contribution < -0.4 is 5.32 Å². The highest BCUT2D eigenvalue weighted by Gasteiger charge is 2.14. The lowest BCUT2D eigenvalue weighted by atomic mass is 10.1. The zero-order valence-corrected chi connectivity index (χ0v) is 11.0. The van der Waals surface area contributed by atoms with Crippen molar-refractivity contribution in [3.63, 3.8) is 0 Å². The van der Waals surface area contributed by atoms with E-state index in [2.05, 4.69) is 26.1 Å². The van der Waals surface area contributed by atoms with Crippen molar-refractivity contribution in [1.29, 1.82) is 0 Å². The van der Waals surface area contributed by atoms with Crippen LogP contribution in [0.25, 0.3) is 0 Å². The highest BCUT2D eigenvalue weighted by molar-refractivity contribution is 6.30. The number of nitro benzene ring substituents is 1. The first-order valence-corrected chi connectivity index (χ1v) is 5.85. The Kier molecular flexibility index (Phi) is 4.48. The molecule has 1 aromatic rings. The fourth-order valence-electron chi connectivity index (χ4n) is 1.50. The van der Waals surface area contributed by atoms with E-state index in [0.717, 1.165) is 0 Å². The van der Waals surface area contributed by atoms with E-state index in [1.54, 1.807) is 12.1 Å². The van der Waals surface area contributed by atoms with Crippen molar-refractivity contribution in [1.82, 2.24) is 5.32 Å². The number of hydrogen-bond acceptors (Lipinski definition) is 3. The lowest BCUT2D eigenvalue weighted by Gasteiger charge is -2.20. The van der Waals surface area contributed by atoms with Crippen molar-refractivity contribution in [2.45, 2.75) is 32.7 Å². The highest BCUT2D eigenvalue weighted by Crippen LogP contribution is 2.23. The zero-order chi connectivity index (χ0) is 13.1. The van der Waals surface area contributed by atoms with E-state index in [1.165, 1.54) is 6.07 Å². The molecule has 0 radical (unpaired) electrons. The van der Waals surface area contributed by atoms with Gasteiger partial charge in [0.2, 0.25) is 0 Å². The molecule has 4 nitrogen and oxygen atoms in total. The average Bonchev–Trinajstić information content (AvgIpc) is 2.15. The molecule has 1 N–H and O–H groups in total. The zero-order valence-electron chi connectivity index (χ0n) is 10.3. The maximum absolute atomic E-state index is 10.8. The third-order valence-electron chi connectivity index (χ3n) is 2.29. The number of benzene rings is 1. The summed E-state index contributed by atoms with van der Waals surface area (Å²) in [5, 5.41) is 14.7. The van der Waals surface area contributed by atoms with Gasteiger partial charge in [0.15, 0.2) is 0 Å². The first-order valence-electron chi connectivity index (χ1n) is 5.47. The van der Waals surface area contributed by atoms with Gasteiger partial charge in [-0.3, -0.25) is 10.1 Å². The van der Waals surface area contributed by atoms with E-state index in [9.17, 15) is 10.1 Å². The van der Waals surface area contributed by atoms with Crippen LogP contribution in [0.5, 0.6) is 0 Å². The van der Waals surface area contributed by atoms with E-state index in [0.29, 0.717) is 23.6 Å². The van der Waals surface area contributed by atoms with Gasteiger partial charge in [0, 0.05) is 22.2 Å². The first kappa shape index (κ1) is 13.9. The number of nitrogens with one attached hydrogen (secondary N) is 1. The molecule has 94 valence electrons. The van der Waals surface area contributed by atoms with Crippen LogP contribution in [-0.2, 0) is 6.42 Å². The summed E-state index contributed by atoms with van der Waals surface area (Å²) in [6.07, 6.45) is 0.591. The second-order valence-electron chi connectivity index (χ2n) is 4.96. The monoisotopic (exact) mass is 256 g/mol. The number of rotatable bonds is 4. The van der Waals surface area contributed by atoms with Gasteiger partial charge >= 0.3 is 0 Å². The minimum absolute atomic E-state index is 0.00730. The second-order valence-corrected chi connectivity index (χ2v) is 5.39. The van der Waals surface area contributed by atoms with Gasteiger partial charge in [-0.2, -0.15) is 0 Å². The summed E-state index contributed by atoms with van der Waals surface area (Å²) in [5.41, 5.74) is 0.803. The van der Waals surface area contributed by atoms with Crippen LogP contribution in [0, 0.1) is 10.1 Å². The van der Waals surface area contributed by atoms with Crippen molar-refractivity contribution in [3.8, 4) is 0 Å². The Hall–Kier alpha value is -1.13. The van der Waals surface area contributed by atoms with Crippen molar-refractivity contribution < 1.29 is 4.92 Å². The normalized spacial score (nSPS) is 11.5. The van der Waals surface area contributed by atoms with Crippen molar-refractivity contribution in [3.05, 3.63) is 38.9 Å². The van der Waals surface area contributed by atoms with E-state index >= 15 is 0 Å². The standard InChI is InChI=1S/C12H17ClN2O2/c1-12(2,3)14-7-6-9-8-10(13)4-5-11(9)15(16)17/h4-5,8,14H,6-7H2,1-3H3. The topological polar surface area (TPSA) is 55.2 Å². The fraction of sp³-hybridized carbons (Fsp3) is 0.500. The van der Waals surface area contributed by atoms with Gasteiger partial charge in [-0.05, 0) is 45.9 Å². The molecule has 0 aliphatic rings. The third kappa shape index (κ3) is 4.71. The summed E-state index contributed by atoms with van der Waals surface area (Å²) in [6, 6.07) is 4.65. The molecule has 0 saturated carbocycles. The van der Waals surface area contributed by atoms with Crippen LogP contribution in [0.2, 0.25) is 5.02 Å². The Morgan fingerprint density at radius 2 is 2.06 bits per heavy atom. The molecule has 0 saturated heterocycles. The molecule has 0 spiro atoms. The molecule has 1 aromatic carbocycles. The smallest absolute Gasteiger partial charge is 0.272 e. The van der Waals surface area contributed by atoms with E-state index in [1.807, 2.05) is 0 Å². The summed E-state index contributed by atoms with van der Waals surface area (Å²) < 4.78 is 0. The maximum atomic E-state index is 10.8. The van der Waals surface area contributed by atoms with Gasteiger partial charge < -0.3 is 5.32 Å². The summed E-state index contributed by atoms with van der Waals surface area (Å²) in [7, 11) is 0. The molecule has 5 heteroatoms.